The fourth-order valence-corrected chi connectivity index (χ4v) is 1.15. The molecule has 0 aliphatic carbocycles. The van der Waals surface area contributed by atoms with Crippen LogP contribution < -0.4 is 0 Å². The lowest BCUT2D eigenvalue weighted by Gasteiger charge is -2.01. The van der Waals surface area contributed by atoms with Crippen molar-refractivity contribution in [1.82, 2.24) is 0 Å². The second kappa shape index (κ2) is 3.35. The Labute approximate surface area is 75.3 Å². The van der Waals surface area contributed by atoms with E-state index in [-0.39, 0.29) is 5.69 Å². The van der Waals surface area contributed by atoms with Gasteiger partial charge in [-0.1, -0.05) is 0 Å². The molecule has 68 valence electrons. The molecule has 1 rings (SSSR count). The first-order valence-corrected chi connectivity index (χ1v) is 3.77. The molecule has 0 spiro atoms. The van der Waals surface area contributed by atoms with Crippen molar-refractivity contribution >= 4 is 12.0 Å². The maximum atomic E-state index is 10.5. The van der Waals surface area contributed by atoms with Gasteiger partial charge < -0.3 is 0 Å². The molecule has 1 aromatic rings. The number of rotatable bonds is 2. The Kier molecular flexibility index (Phi) is 2.41. The van der Waals surface area contributed by atoms with Gasteiger partial charge in [0.15, 0.2) is 0 Å². The third kappa shape index (κ3) is 1.72. The Hall–Kier alpha value is -1.71. The van der Waals surface area contributed by atoms with E-state index in [1.165, 1.54) is 12.1 Å². The zero-order chi connectivity index (χ0) is 10.0. The molecule has 0 saturated carbocycles. The third-order valence-electron chi connectivity index (χ3n) is 1.91. The van der Waals surface area contributed by atoms with Gasteiger partial charge in [0.05, 0.1) is 4.92 Å². The second-order valence-corrected chi connectivity index (χ2v) is 2.87. The smallest absolute Gasteiger partial charge is 0.272 e. The first kappa shape index (κ1) is 9.38. The lowest BCUT2D eigenvalue weighted by Crippen LogP contribution is -1.95. The fourth-order valence-electron chi connectivity index (χ4n) is 1.15. The average molecular weight is 179 g/mol. The van der Waals surface area contributed by atoms with Crippen molar-refractivity contribution in [3.05, 3.63) is 38.9 Å². The van der Waals surface area contributed by atoms with Crippen LogP contribution in [0.3, 0.4) is 0 Å². The van der Waals surface area contributed by atoms with E-state index in [2.05, 4.69) is 0 Å². The highest BCUT2D eigenvalue weighted by Crippen LogP contribution is 2.21. The summed E-state index contributed by atoms with van der Waals surface area (Å²) in [6, 6.07) is 2.94. The molecule has 0 atom stereocenters. The summed E-state index contributed by atoms with van der Waals surface area (Å²) in [6.07, 6.45) is 0.700. The molecular weight excluding hydrogens is 170 g/mol. The molecule has 0 aliphatic heterocycles. The van der Waals surface area contributed by atoms with Gasteiger partial charge in [-0.3, -0.25) is 14.9 Å². The quantitative estimate of drug-likeness (QED) is 0.396. The van der Waals surface area contributed by atoms with Crippen LogP contribution in [0.15, 0.2) is 12.1 Å². The molecule has 13 heavy (non-hydrogen) atoms. The Morgan fingerprint density at radius 1 is 1.31 bits per heavy atom. The van der Waals surface area contributed by atoms with Crippen molar-refractivity contribution in [2.75, 3.05) is 0 Å². The van der Waals surface area contributed by atoms with Crippen LogP contribution in [0.4, 0.5) is 5.69 Å². The van der Waals surface area contributed by atoms with Gasteiger partial charge in [0.1, 0.15) is 6.29 Å². The number of nitro groups is 1. The zero-order valence-corrected chi connectivity index (χ0v) is 7.40. The van der Waals surface area contributed by atoms with Gasteiger partial charge in [0.25, 0.3) is 5.69 Å². The molecule has 0 unspecified atom stereocenters. The topological polar surface area (TPSA) is 60.2 Å². The molecule has 0 saturated heterocycles. The molecule has 0 radical (unpaired) electrons. The summed E-state index contributed by atoms with van der Waals surface area (Å²) >= 11 is 0. The molecule has 4 heteroatoms. The summed E-state index contributed by atoms with van der Waals surface area (Å²) in [7, 11) is 0. The van der Waals surface area contributed by atoms with Gasteiger partial charge in [-0.15, -0.1) is 0 Å². The number of benzene rings is 1. The molecule has 0 N–H and O–H groups in total. The second-order valence-electron chi connectivity index (χ2n) is 2.87. The normalized spacial score (nSPS) is 9.69. The summed E-state index contributed by atoms with van der Waals surface area (Å²) < 4.78 is 0. The third-order valence-corrected chi connectivity index (χ3v) is 1.91. The predicted octanol–water partition coefficient (Wildman–Crippen LogP) is 2.02. The monoisotopic (exact) mass is 179 g/mol. The highest BCUT2D eigenvalue weighted by Gasteiger charge is 2.12. The zero-order valence-electron chi connectivity index (χ0n) is 7.40. The van der Waals surface area contributed by atoms with Gasteiger partial charge in [0, 0.05) is 17.2 Å². The van der Waals surface area contributed by atoms with Crippen LogP contribution in [-0.2, 0) is 0 Å². The molecule has 0 aliphatic rings. The Balaban J connectivity index is 3.36. The van der Waals surface area contributed by atoms with Crippen molar-refractivity contribution in [1.29, 1.82) is 0 Å². The summed E-state index contributed by atoms with van der Waals surface area (Å²) in [5, 5.41) is 10.5. The molecule has 0 aromatic heterocycles. The fraction of sp³-hybridized carbons (Fsp3) is 0.222. The van der Waals surface area contributed by atoms with Crippen molar-refractivity contribution in [2.24, 2.45) is 0 Å². The standard InChI is InChI=1S/C9H9NO3/c1-6-4-9(10(12)13)7(2)3-8(6)5-11/h3-5H,1-2H3. The highest BCUT2D eigenvalue weighted by molar-refractivity contribution is 5.78. The summed E-state index contributed by atoms with van der Waals surface area (Å²) in [5.74, 6) is 0. The number of carbonyl (C=O) groups is 1. The minimum Gasteiger partial charge on any atom is -0.298 e. The van der Waals surface area contributed by atoms with E-state index in [9.17, 15) is 14.9 Å². The van der Waals surface area contributed by atoms with E-state index in [0.29, 0.717) is 23.0 Å². The minimum absolute atomic E-state index is 0.0584. The number of nitrogens with zero attached hydrogens (tertiary/aromatic N) is 1. The lowest BCUT2D eigenvalue weighted by molar-refractivity contribution is -0.385. The van der Waals surface area contributed by atoms with E-state index in [1.54, 1.807) is 13.8 Å². The van der Waals surface area contributed by atoms with Gasteiger partial charge in [-0.25, -0.2) is 0 Å². The molecule has 1 aromatic carbocycles. The number of hydrogen-bond acceptors (Lipinski definition) is 3. The number of carbonyl (C=O) groups excluding carboxylic acids is 1. The summed E-state index contributed by atoms with van der Waals surface area (Å²) in [6.45, 7) is 3.29. The van der Waals surface area contributed by atoms with Gasteiger partial charge in [0.2, 0.25) is 0 Å². The lowest BCUT2D eigenvalue weighted by atomic mass is 10.1. The maximum Gasteiger partial charge on any atom is 0.272 e. The van der Waals surface area contributed by atoms with Gasteiger partial charge in [-0.2, -0.15) is 0 Å². The number of aldehydes is 1. The van der Waals surface area contributed by atoms with Crippen molar-refractivity contribution in [3.63, 3.8) is 0 Å². The van der Waals surface area contributed by atoms with E-state index >= 15 is 0 Å². The summed E-state index contributed by atoms with van der Waals surface area (Å²) in [4.78, 5) is 20.5. The molecule has 0 bridgehead atoms. The maximum absolute atomic E-state index is 10.5. The Morgan fingerprint density at radius 2 is 1.92 bits per heavy atom. The van der Waals surface area contributed by atoms with Crippen LogP contribution in [0.25, 0.3) is 0 Å². The highest BCUT2D eigenvalue weighted by atomic mass is 16.6. The van der Waals surface area contributed by atoms with Gasteiger partial charge >= 0.3 is 0 Å². The number of aryl methyl sites for hydroxylation is 2. The molecule has 0 fully saturated rings. The van der Waals surface area contributed by atoms with E-state index in [0.717, 1.165) is 0 Å². The minimum atomic E-state index is -0.448. The first-order valence-electron chi connectivity index (χ1n) is 3.77. The Morgan fingerprint density at radius 3 is 2.38 bits per heavy atom. The Bertz CT molecular complexity index is 371. The molecule has 0 heterocycles. The van der Waals surface area contributed by atoms with Crippen LogP contribution in [0.2, 0.25) is 0 Å². The van der Waals surface area contributed by atoms with Crippen LogP contribution in [-0.4, -0.2) is 11.2 Å². The largest absolute Gasteiger partial charge is 0.298 e. The van der Waals surface area contributed by atoms with E-state index < -0.39 is 4.92 Å². The molecule has 0 amide bonds. The van der Waals surface area contributed by atoms with Crippen molar-refractivity contribution < 1.29 is 9.72 Å². The SMILES string of the molecule is Cc1cc([N+](=O)[O-])c(C)cc1C=O. The predicted molar refractivity (Wildman–Crippen MR) is 48.0 cm³/mol. The van der Waals surface area contributed by atoms with Gasteiger partial charge in [-0.05, 0) is 25.5 Å². The summed E-state index contributed by atoms with van der Waals surface area (Å²) in [5.41, 5.74) is 1.70. The van der Waals surface area contributed by atoms with E-state index in [1.807, 2.05) is 0 Å². The number of nitro benzene ring substituents is 1. The molecular formula is C9H9NO3. The van der Waals surface area contributed by atoms with Crippen LogP contribution in [0.5, 0.6) is 0 Å². The van der Waals surface area contributed by atoms with Crippen molar-refractivity contribution in [2.45, 2.75) is 13.8 Å². The average Bonchev–Trinajstić information content (AvgIpc) is 2.07. The van der Waals surface area contributed by atoms with E-state index in [4.69, 9.17) is 0 Å². The van der Waals surface area contributed by atoms with Crippen LogP contribution in [0, 0.1) is 24.0 Å². The number of hydrogen-bond donors (Lipinski definition) is 0. The van der Waals surface area contributed by atoms with Crippen molar-refractivity contribution in [3.8, 4) is 0 Å². The first-order chi connectivity index (χ1) is 6.06. The molecule has 4 nitrogen and oxygen atoms in total. The van der Waals surface area contributed by atoms with Crippen LogP contribution in [0.1, 0.15) is 21.5 Å². The van der Waals surface area contributed by atoms with Crippen LogP contribution >= 0.6 is 0 Å².